The van der Waals surface area contributed by atoms with Crippen molar-refractivity contribution in [3.05, 3.63) is 65.6 Å². The summed E-state index contributed by atoms with van der Waals surface area (Å²) in [6, 6.07) is 7.95. The first-order valence-corrected chi connectivity index (χ1v) is 8.11. The molecule has 2 amide bonds. The Hall–Kier alpha value is -3.36. The van der Waals surface area contributed by atoms with Crippen molar-refractivity contribution in [2.45, 2.75) is 12.7 Å². The van der Waals surface area contributed by atoms with E-state index in [1.807, 2.05) is 0 Å². The number of ether oxygens (including phenoxy) is 1. The van der Waals surface area contributed by atoms with Crippen LogP contribution in [0.1, 0.15) is 11.1 Å². The largest absolute Gasteiger partial charge is 0.481 e. The number of carbonyl (C=O) groups excluding carboxylic acids is 1. The summed E-state index contributed by atoms with van der Waals surface area (Å²) >= 11 is 0. The molecule has 146 valence electrons. The number of amides is 2. The second-order valence-electron chi connectivity index (χ2n) is 5.87. The third-order valence-electron chi connectivity index (χ3n) is 4.01. The molecular formula is C19H15F4N3O2. The third-order valence-corrected chi connectivity index (χ3v) is 4.01. The lowest BCUT2D eigenvalue weighted by atomic mass is 10.1. The maximum atomic E-state index is 13.9. The maximum Gasteiger partial charge on any atom is 0.416 e. The normalized spacial score (nSPS) is 11.3. The Balaban J connectivity index is 1.70. The number of hydrogen-bond acceptors (Lipinski definition) is 3. The zero-order valence-electron chi connectivity index (χ0n) is 14.6. The van der Waals surface area contributed by atoms with Crippen molar-refractivity contribution < 1.29 is 27.1 Å². The molecule has 0 aliphatic heterocycles. The molecule has 0 aliphatic carbocycles. The van der Waals surface area contributed by atoms with Gasteiger partial charge in [-0.2, -0.15) is 13.2 Å². The number of benzene rings is 2. The van der Waals surface area contributed by atoms with E-state index in [1.54, 1.807) is 0 Å². The number of urea groups is 1. The fraction of sp³-hybridized carbons (Fsp3) is 0.158. The molecule has 2 aromatic carbocycles. The van der Waals surface area contributed by atoms with Crippen LogP contribution in [0.15, 0.2) is 48.7 Å². The molecule has 0 spiro atoms. The molecule has 3 rings (SSSR count). The van der Waals surface area contributed by atoms with Crippen LogP contribution in [0.2, 0.25) is 0 Å². The number of nitrogens with zero attached hydrogens (tertiary/aromatic N) is 1. The molecular weight excluding hydrogens is 378 g/mol. The van der Waals surface area contributed by atoms with Crippen LogP contribution in [-0.2, 0) is 12.7 Å². The molecule has 0 atom stereocenters. The second kappa shape index (κ2) is 7.71. The Morgan fingerprint density at radius 2 is 1.82 bits per heavy atom. The quantitative estimate of drug-likeness (QED) is 0.631. The summed E-state index contributed by atoms with van der Waals surface area (Å²) in [5.41, 5.74) is 0.0704. The molecule has 5 nitrogen and oxygen atoms in total. The predicted octanol–water partition coefficient (Wildman–Crippen LogP) is 4.72. The van der Waals surface area contributed by atoms with Gasteiger partial charge in [0.25, 0.3) is 0 Å². The highest BCUT2D eigenvalue weighted by Gasteiger charge is 2.29. The van der Waals surface area contributed by atoms with Gasteiger partial charge < -0.3 is 15.4 Å². The summed E-state index contributed by atoms with van der Waals surface area (Å²) in [6.07, 6.45) is -3.11. The molecule has 0 fully saturated rings. The van der Waals surface area contributed by atoms with E-state index in [-0.39, 0.29) is 17.8 Å². The van der Waals surface area contributed by atoms with E-state index in [0.717, 1.165) is 12.1 Å². The van der Waals surface area contributed by atoms with Gasteiger partial charge in [-0.25, -0.2) is 14.2 Å². The van der Waals surface area contributed by atoms with E-state index in [9.17, 15) is 22.4 Å². The average molecular weight is 393 g/mol. The summed E-state index contributed by atoms with van der Waals surface area (Å²) in [5, 5.41) is 5.74. The lowest BCUT2D eigenvalue weighted by Crippen LogP contribution is -2.28. The third kappa shape index (κ3) is 4.30. The number of nitrogens with one attached hydrogen (secondary N) is 2. The number of aromatic nitrogens is 1. The van der Waals surface area contributed by atoms with Crippen LogP contribution < -0.4 is 15.4 Å². The lowest BCUT2D eigenvalue weighted by molar-refractivity contribution is -0.137. The summed E-state index contributed by atoms with van der Waals surface area (Å²) in [7, 11) is 1.41. The maximum absolute atomic E-state index is 13.9. The van der Waals surface area contributed by atoms with Crippen molar-refractivity contribution in [1.29, 1.82) is 0 Å². The summed E-state index contributed by atoms with van der Waals surface area (Å²) < 4.78 is 56.7. The molecule has 0 aliphatic rings. The lowest BCUT2D eigenvalue weighted by Gasteiger charge is -2.12. The number of fused-ring (bicyclic) bond motifs is 1. The summed E-state index contributed by atoms with van der Waals surface area (Å²) in [5.74, 6) is -0.243. The SMILES string of the molecule is COc1cc2c(NC(=O)NCc3ccc(C(F)(F)F)cc3)ccc(F)c2cn1. The molecule has 2 N–H and O–H groups in total. The van der Waals surface area contributed by atoms with E-state index in [1.165, 1.54) is 43.6 Å². The first-order valence-electron chi connectivity index (χ1n) is 8.11. The van der Waals surface area contributed by atoms with Crippen molar-refractivity contribution >= 4 is 22.5 Å². The first kappa shape index (κ1) is 19.4. The van der Waals surface area contributed by atoms with Crippen LogP contribution in [0.5, 0.6) is 5.88 Å². The molecule has 0 unspecified atom stereocenters. The zero-order chi connectivity index (χ0) is 20.3. The fourth-order valence-electron chi connectivity index (χ4n) is 2.57. The number of alkyl halides is 3. The highest BCUT2D eigenvalue weighted by Crippen LogP contribution is 2.29. The van der Waals surface area contributed by atoms with Gasteiger partial charge >= 0.3 is 12.2 Å². The Labute approximate surface area is 157 Å². The van der Waals surface area contributed by atoms with Crippen LogP contribution >= 0.6 is 0 Å². The van der Waals surface area contributed by atoms with Crippen LogP contribution in [0.25, 0.3) is 10.8 Å². The summed E-state index contributed by atoms with van der Waals surface area (Å²) in [6.45, 7) is 0.0218. The van der Waals surface area contributed by atoms with Crippen LogP contribution in [0, 0.1) is 5.82 Å². The standard InChI is InChI=1S/C19H15F4N3O2/c1-28-17-8-13-14(10-24-17)15(20)6-7-16(13)26-18(27)25-9-11-2-4-12(5-3-11)19(21,22)23/h2-8,10H,9H2,1H3,(H2,25,26,27). The van der Waals surface area contributed by atoms with E-state index in [0.29, 0.717) is 16.6 Å². The number of pyridine rings is 1. The molecule has 28 heavy (non-hydrogen) atoms. The second-order valence-corrected chi connectivity index (χ2v) is 5.87. The number of hydrogen-bond donors (Lipinski definition) is 2. The summed E-state index contributed by atoms with van der Waals surface area (Å²) in [4.78, 5) is 16.1. The minimum atomic E-state index is -4.41. The monoisotopic (exact) mass is 393 g/mol. The zero-order valence-corrected chi connectivity index (χ0v) is 14.6. The van der Waals surface area contributed by atoms with Gasteiger partial charge in [0.2, 0.25) is 5.88 Å². The number of methoxy groups -OCH3 is 1. The molecule has 0 saturated carbocycles. The first-order chi connectivity index (χ1) is 13.3. The van der Waals surface area contributed by atoms with Crippen LogP contribution in [0.4, 0.5) is 28.0 Å². The van der Waals surface area contributed by atoms with Crippen LogP contribution in [-0.4, -0.2) is 18.1 Å². The van der Waals surface area contributed by atoms with Crippen molar-refractivity contribution in [1.82, 2.24) is 10.3 Å². The van der Waals surface area contributed by atoms with Crippen molar-refractivity contribution in [3.63, 3.8) is 0 Å². The topological polar surface area (TPSA) is 63.2 Å². The van der Waals surface area contributed by atoms with Gasteiger partial charge in [-0.15, -0.1) is 0 Å². The van der Waals surface area contributed by atoms with E-state index in [2.05, 4.69) is 15.6 Å². The molecule has 0 saturated heterocycles. The van der Waals surface area contributed by atoms with Gasteiger partial charge in [0.15, 0.2) is 0 Å². The predicted molar refractivity (Wildman–Crippen MR) is 95.6 cm³/mol. The molecule has 1 aromatic heterocycles. The smallest absolute Gasteiger partial charge is 0.416 e. The van der Waals surface area contributed by atoms with Gasteiger partial charge in [0.05, 0.1) is 18.4 Å². The van der Waals surface area contributed by atoms with E-state index < -0.39 is 23.6 Å². The Morgan fingerprint density at radius 1 is 1.11 bits per heavy atom. The highest BCUT2D eigenvalue weighted by atomic mass is 19.4. The van der Waals surface area contributed by atoms with Crippen molar-refractivity contribution in [2.75, 3.05) is 12.4 Å². The molecule has 0 bridgehead atoms. The van der Waals surface area contributed by atoms with Gasteiger partial charge in [-0.3, -0.25) is 0 Å². The Kier molecular flexibility index (Phi) is 5.34. The van der Waals surface area contributed by atoms with Crippen molar-refractivity contribution in [2.24, 2.45) is 0 Å². The Bertz CT molecular complexity index is 1000. The number of rotatable bonds is 4. The minimum absolute atomic E-state index is 0.0218. The number of carbonyl (C=O) groups is 1. The van der Waals surface area contributed by atoms with Gasteiger partial charge in [0, 0.05) is 29.6 Å². The van der Waals surface area contributed by atoms with E-state index >= 15 is 0 Å². The van der Waals surface area contributed by atoms with Gasteiger partial charge in [-0.05, 0) is 29.8 Å². The highest BCUT2D eigenvalue weighted by molar-refractivity contribution is 6.01. The average Bonchev–Trinajstić information content (AvgIpc) is 2.68. The minimum Gasteiger partial charge on any atom is -0.481 e. The van der Waals surface area contributed by atoms with Gasteiger partial charge in [-0.1, -0.05) is 12.1 Å². The fourth-order valence-corrected chi connectivity index (χ4v) is 2.57. The van der Waals surface area contributed by atoms with E-state index in [4.69, 9.17) is 4.74 Å². The molecule has 1 heterocycles. The molecule has 3 aromatic rings. The number of anilines is 1. The van der Waals surface area contributed by atoms with Crippen LogP contribution in [0.3, 0.4) is 0 Å². The molecule has 9 heteroatoms. The number of halogens is 4. The Morgan fingerprint density at radius 3 is 2.46 bits per heavy atom. The van der Waals surface area contributed by atoms with Gasteiger partial charge in [0.1, 0.15) is 5.82 Å². The van der Waals surface area contributed by atoms with Crippen molar-refractivity contribution in [3.8, 4) is 5.88 Å². The molecule has 0 radical (unpaired) electrons.